The lowest BCUT2D eigenvalue weighted by atomic mass is 10.1. The van der Waals surface area contributed by atoms with Gasteiger partial charge in [-0.2, -0.15) is 0 Å². The van der Waals surface area contributed by atoms with Gasteiger partial charge in [0, 0.05) is 30.0 Å². The fourth-order valence-corrected chi connectivity index (χ4v) is 4.58. The molecule has 2 aromatic carbocycles. The Balaban J connectivity index is 1.67. The second-order valence-electron chi connectivity index (χ2n) is 7.52. The zero-order valence-corrected chi connectivity index (χ0v) is 18.4. The number of nitrogens with zero attached hydrogens (tertiary/aromatic N) is 4. The standard InChI is InChI=1S/C23H26N4O2S/c1-16-6-9-20(10-7-16)27-22(26-12-4-5-13-26)24-25-23(27)30-15-19-14-18(17(2)28)8-11-21(19)29-3/h6-11,14H,4-5,12-13,15H2,1-3H3. The number of methoxy groups -OCH3 is 1. The largest absolute Gasteiger partial charge is 0.496 e. The van der Waals surface area contributed by atoms with Crippen molar-refractivity contribution in [3.63, 3.8) is 0 Å². The fourth-order valence-electron chi connectivity index (χ4n) is 3.65. The molecule has 156 valence electrons. The number of ether oxygens (including phenoxy) is 1. The van der Waals surface area contributed by atoms with E-state index < -0.39 is 0 Å². The molecule has 0 N–H and O–H groups in total. The van der Waals surface area contributed by atoms with Gasteiger partial charge in [-0.15, -0.1) is 10.2 Å². The molecule has 0 radical (unpaired) electrons. The van der Waals surface area contributed by atoms with E-state index in [9.17, 15) is 4.79 Å². The van der Waals surface area contributed by atoms with Crippen molar-refractivity contribution in [2.45, 2.75) is 37.6 Å². The molecule has 0 saturated carbocycles. The first-order valence-electron chi connectivity index (χ1n) is 10.1. The Morgan fingerprint density at radius 2 is 1.83 bits per heavy atom. The van der Waals surface area contributed by atoms with Crippen molar-refractivity contribution in [3.8, 4) is 11.4 Å². The average molecular weight is 423 g/mol. The molecule has 4 rings (SSSR count). The van der Waals surface area contributed by atoms with Crippen molar-refractivity contribution in [2.75, 3.05) is 25.1 Å². The van der Waals surface area contributed by atoms with Crippen LogP contribution in [0.4, 0.5) is 5.95 Å². The molecule has 7 heteroatoms. The van der Waals surface area contributed by atoms with Gasteiger partial charge in [0.05, 0.1) is 12.8 Å². The van der Waals surface area contributed by atoms with Crippen LogP contribution in [0.5, 0.6) is 5.75 Å². The van der Waals surface area contributed by atoms with Crippen molar-refractivity contribution in [1.29, 1.82) is 0 Å². The lowest BCUT2D eigenvalue weighted by Gasteiger charge is -2.18. The van der Waals surface area contributed by atoms with Crippen molar-refractivity contribution in [1.82, 2.24) is 14.8 Å². The molecule has 0 atom stereocenters. The molecule has 0 bridgehead atoms. The van der Waals surface area contributed by atoms with E-state index in [1.807, 2.05) is 12.1 Å². The Morgan fingerprint density at radius 3 is 2.50 bits per heavy atom. The van der Waals surface area contributed by atoms with E-state index in [-0.39, 0.29) is 5.78 Å². The molecule has 3 aromatic rings. The van der Waals surface area contributed by atoms with Crippen LogP contribution in [0.2, 0.25) is 0 Å². The minimum atomic E-state index is 0.0445. The normalized spacial score (nSPS) is 13.6. The van der Waals surface area contributed by atoms with E-state index in [0.29, 0.717) is 11.3 Å². The first-order chi connectivity index (χ1) is 14.6. The second kappa shape index (κ2) is 8.92. The Hall–Kier alpha value is -2.80. The van der Waals surface area contributed by atoms with Gasteiger partial charge in [-0.3, -0.25) is 9.36 Å². The minimum absolute atomic E-state index is 0.0445. The van der Waals surface area contributed by atoms with Crippen molar-refractivity contribution < 1.29 is 9.53 Å². The maximum atomic E-state index is 11.8. The summed E-state index contributed by atoms with van der Waals surface area (Å²) >= 11 is 1.60. The van der Waals surface area contributed by atoms with Gasteiger partial charge in [0.15, 0.2) is 10.9 Å². The Morgan fingerprint density at radius 1 is 1.10 bits per heavy atom. The first-order valence-corrected chi connectivity index (χ1v) is 11.1. The highest BCUT2D eigenvalue weighted by molar-refractivity contribution is 7.98. The first kappa shape index (κ1) is 20.5. The van der Waals surface area contributed by atoms with Crippen LogP contribution in [0, 0.1) is 6.92 Å². The van der Waals surface area contributed by atoms with Crippen LogP contribution in [-0.4, -0.2) is 40.7 Å². The molecule has 0 unspecified atom stereocenters. The summed E-state index contributed by atoms with van der Waals surface area (Å²) < 4.78 is 7.64. The smallest absolute Gasteiger partial charge is 0.232 e. The lowest BCUT2D eigenvalue weighted by Crippen LogP contribution is -2.22. The summed E-state index contributed by atoms with van der Waals surface area (Å²) in [4.78, 5) is 14.1. The highest BCUT2D eigenvalue weighted by Crippen LogP contribution is 2.32. The molecule has 30 heavy (non-hydrogen) atoms. The summed E-state index contributed by atoms with van der Waals surface area (Å²) in [5, 5.41) is 9.87. The number of hydrogen-bond donors (Lipinski definition) is 0. The number of aryl methyl sites for hydroxylation is 1. The monoisotopic (exact) mass is 422 g/mol. The molecule has 1 fully saturated rings. The van der Waals surface area contributed by atoms with Crippen molar-refractivity contribution in [3.05, 3.63) is 59.2 Å². The number of benzene rings is 2. The summed E-state index contributed by atoms with van der Waals surface area (Å²) in [6.45, 7) is 5.67. The number of anilines is 1. The number of thioether (sulfide) groups is 1. The van der Waals surface area contributed by atoms with Gasteiger partial charge in [0.2, 0.25) is 5.95 Å². The Labute approximate surface area is 181 Å². The number of aromatic nitrogens is 3. The number of Topliss-reactive ketones (excluding diaryl/α,β-unsaturated/α-hetero) is 1. The highest BCUT2D eigenvalue weighted by Gasteiger charge is 2.22. The molecule has 1 saturated heterocycles. The lowest BCUT2D eigenvalue weighted by molar-refractivity contribution is 0.101. The molecular weight excluding hydrogens is 396 g/mol. The predicted molar refractivity (Wildman–Crippen MR) is 120 cm³/mol. The predicted octanol–water partition coefficient (Wildman–Crippen LogP) is 4.68. The molecule has 1 aromatic heterocycles. The quantitative estimate of drug-likeness (QED) is 0.407. The maximum Gasteiger partial charge on any atom is 0.232 e. The zero-order valence-electron chi connectivity index (χ0n) is 17.6. The van der Waals surface area contributed by atoms with Gasteiger partial charge in [-0.05, 0) is 57.0 Å². The minimum Gasteiger partial charge on any atom is -0.496 e. The van der Waals surface area contributed by atoms with E-state index >= 15 is 0 Å². The number of carbonyl (C=O) groups excluding carboxylic acids is 1. The van der Waals surface area contributed by atoms with Crippen LogP contribution in [0.3, 0.4) is 0 Å². The third-order valence-corrected chi connectivity index (χ3v) is 6.32. The van der Waals surface area contributed by atoms with Crippen LogP contribution < -0.4 is 9.64 Å². The topological polar surface area (TPSA) is 60.2 Å². The molecule has 1 aliphatic rings. The van der Waals surface area contributed by atoms with E-state index in [2.05, 4.69) is 50.9 Å². The number of rotatable bonds is 7. The Kier molecular flexibility index (Phi) is 6.08. The molecule has 6 nitrogen and oxygen atoms in total. The number of carbonyl (C=O) groups is 1. The molecule has 2 heterocycles. The third kappa shape index (κ3) is 4.21. The van der Waals surface area contributed by atoms with E-state index in [0.717, 1.165) is 41.2 Å². The van der Waals surface area contributed by atoms with Crippen LogP contribution in [-0.2, 0) is 5.75 Å². The highest BCUT2D eigenvalue weighted by atomic mass is 32.2. The molecular formula is C23H26N4O2S. The summed E-state index contributed by atoms with van der Waals surface area (Å²) in [7, 11) is 1.65. The zero-order chi connectivity index (χ0) is 21.1. The summed E-state index contributed by atoms with van der Waals surface area (Å²) in [5.74, 6) is 2.34. The molecule has 0 amide bonds. The fraction of sp³-hybridized carbons (Fsp3) is 0.348. The van der Waals surface area contributed by atoms with E-state index in [4.69, 9.17) is 4.74 Å². The summed E-state index contributed by atoms with van der Waals surface area (Å²) in [6, 6.07) is 14.0. The third-order valence-electron chi connectivity index (χ3n) is 5.34. The van der Waals surface area contributed by atoms with Gasteiger partial charge < -0.3 is 9.64 Å². The molecule has 1 aliphatic heterocycles. The van der Waals surface area contributed by atoms with Gasteiger partial charge in [0.25, 0.3) is 0 Å². The van der Waals surface area contributed by atoms with Crippen LogP contribution in [0.25, 0.3) is 5.69 Å². The SMILES string of the molecule is COc1ccc(C(C)=O)cc1CSc1nnc(N2CCCC2)n1-c1ccc(C)cc1. The number of ketones is 1. The van der Waals surface area contributed by atoms with Crippen molar-refractivity contribution in [2.24, 2.45) is 0 Å². The van der Waals surface area contributed by atoms with Gasteiger partial charge in [-0.25, -0.2) is 0 Å². The van der Waals surface area contributed by atoms with Gasteiger partial charge in [-0.1, -0.05) is 29.5 Å². The van der Waals surface area contributed by atoms with Gasteiger partial charge in [0.1, 0.15) is 5.75 Å². The van der Waals surface area contributed by atoms with E-state index in [1.165, 1.54) is 18.4 Å². The van der Waals surface area contributed by atoms with E-state index in [1.54, 1.807) is 31.9 Å². The second-order valence-corrected chi connectivity index (χ2v) is 8.46. The van der Waals surface area contributed by atoms with Gasteiger partial charge >= 0.3 is 0 Å². The van der Waals surface area contributed by atoms with Crippen LogP contribution in [0.1, 0.15) is 41.3 Å². The maximum absolute atomic E-state index is 11.8. The Bertz CT molecular complexity index is 1040. The number of hydrogen-bond acceptors (Lipinski definition) is 6. The molecule has 0 spiro atoms. The summed E-state index contributed by atoms with van der Waals surface area (Å²) in [5.41, 5.74) is 3.93. The average Bonchev–Trinajstić information content (AvgIpc) is 3.42. The van der Waals surface area contributed by atoms with Crippen LogP contribution >= 0.6 is 11.8 Å². The van der Waals surface area contributed by atoms with Crippen LogP contribution in [0.15, 0.2) is 47.6 Å². The summed E-state index contributed by atoms with van der Waals surface area (Å²) in [6.07, 6.45) is 2.36. The van der Waals surface area contributed by atoms with Crippen molar-refractivity contribution >= 4 is 23.5 Å². The molecule has 0 aliphatic carbocycles.